The number of nitrogens with zero attached hydrogens (tertiary/aromatic N) is 4. The van der Waals surface area contributed by atoms with E-state index in [1.165, 1.54) is 22.8 Å². The van der Waals surface area contributed by atoms with Crippen molar-refractivity contribution in [1.29, 1.82) is 0 Å². The summed E-state index contributed by atoms with van der Waals surface area (Å²) in [7, 11) is 0. The number of aryl methyl sites for hydroxylation is 1. The number of aromatic amines is 1. The molecule has 0 atom stereocenters. The van der Waals surface area contributed by atoms with Gasteiger partial charge in [-0.2, -0.15) is 0 Å². The Hall–Kier alpha value is -4.08. The molecule has 33 heavy (non-hydrogen) atoms. The highest BCUT2D eigenvalue weighted by molar-refractivity contribution is 5.71. The molecule has 0 bridgehead atoms. The van der Waals surface area contributed by atoms with Gasteiger partial charge in [-0.1, -0.05) is 43.7 Å². The normalized spacial score (nSPS) is 11.2. The molecule has 0 saturated carbocycles. The fraction of sp³-hybridized carbons (Fsp3) is 0.261. The standard InChI is InChI=1S/C23H22FN5O4/c1-2-3-12-27-21-20(22(30)26-23(27)31)28(14-16-6-4-5-7-18(16)24)19(25-21)13-15-8-10-17(11-9-15)29(32)33/h4-11H,2-3,12-14H2,1H3,(H,26,30,31). The van der Waals surface area contributed by atoms with Crippen molar-refractivity contribution in [2.75, 3.05) is 0 Å². The minimum Gasteiger partial charge on any atom is -0.317 e. The van der Waals surface area contributed by atoms with Crippen LogP contribution in [0.4, 0.5) is 10.1 Å². The lowest BCUT2D eigenvalue weighted by Crippen LogP contribution is -2.31. The molecule has 170 valence electrons. The van der Waals surface area contributed by atoms with Crippen LogP contribution in [-0.2, 0) is 19.5 Å². The average molecular weight is 451 g/mol. The number of unbranched alkanes of at least 4 members (excludes halogenated alkanes) is 1. The van der Waals surface area contributed by atoms with Gasteiger partial charge in [0.05, 0.1) is 11.5 Å². The van der Waals surface area contributed by atoms with Gasteiger partial charge in [0, 0.05) is 30.7 Å². The van der Waals surface area contributed by atoms with Crippen molar-refractivity contribution in [1.82, 2.24) is 19.1 Å². The van der Waals surface area contributed by atoms with Crippen molar-refractivity contribution in [2.24, 2.45) is 0 Å². The first kappa shape index (κ1) is 22.1. The summed E-state index contributed by atoms with van der Waals surface area (Å²) in [6.45, 7) is 2.42. The maximum Gasteiger partial charge on any atom is 0.330 e. The Balaban J connectivity index is 1.88. The molecule has 0 amide bonds. The maximum atomic E-state index is 14.4. The van der Waals surface area contributed by atoms with Crippen LogP contribution in [0.25, 0.3) is 11.2 Å². The number of nitro groups is 1. The van der Waals surface area contributed by atoms with Crippen LogP contribution in [0.2, 0.25) is 0 Å². The number of H-pyrrole nitrogens is 1. The summed E-state index contributed by atoms with van der Waals surface area (Å²) in [5, 5.41) is 11.0. The molecule has 4 rings (SSSR count). The van der Waals surface area contributed by atoms with Crippen LogP contribution < -0.4 is 11.2 Å². The molecule has 1 N–H and O–H groups in total. The largest absolute Gasteiger partial charge is 0.330 e. The Morgan fingerprint density at radius 1 is 1.09 bits per heavy atom. The summed E-state index contributed by atoms with van der Waals surface area (Å²) in [6.07, 6.45) is 1.81. The number of aromatic nitrogens is 4. The van der Waals surface area contributed by atoms with Crippen LogP contribution in [0.5, 0.6) is 0 Å². The van der Waals surface area contributed by atoms with E-state index in [2.05, 4.69) is 9.97 Å². The van der Waals surface area contributed by atoms with Gasteiger partial charge in [0.25, 0.3) is 11.2 Å². The molecule has 4 aromatic rings. The topological polar surface area (TPSA) is 116 Å². The van der Waals surface area contributed by atoms with E-state index in [-0.39, 0.29) is 29.8 Å². The number of fused-ring (bicyclic) bond motifs is 1. The van der Waals surface area contributed by atoms with Gasteiger partial charge in [-0.05, 0) is 18.1 Å². The van der Waals surface area contributed by atoms with Crippen LogP contribution >= 0.6 is 0 Å². The summed E-state index contributed by atoms with van der Waals surface area (Å²) >= 11 is 0. The summed E-state index contributed by atoms with van der Waals surface area (Å²) in [5.41, 5.74) is 0.344. The van der Waals surface area contributed by atoms with Gasteiger partial charge in [-0.15, -0.1) is 0 Å². The number of nitro benzene ring substituents is 1. The molecule has 2 heterocycles. The predicted molar refractivity (Wildman–Crippen MR) is 121 cm³/mol. The van der Waals surface area contributed by atoms with E-state index >= 15 is 0 Å². The first-order valence-electron chi connectivity index (χ1n) is 10.6. The molecule has 0 aliphatic heterocycles. The second-order valence-electron chi connectivity index (χ2n) is 7.74. The van der Waals surface area contributed by atoms with E-state index in [9.17, 15) is 24.1 Å². The summed E-state index contributed by atoms with van der Waals surface area (Å²) in [5.74, 6) is 0.0276. The van der Waals surface area contributed by atoms with Crippen LogP contribution in [-0.4, -0.2) is 24.0 Å². The number of imidazole rings is 1. The zero-order valence-corrected chi connectivity index (χ0v) is 18.0. The first-order chi connectivity index (χ1) is 15.9. The zero-order chi connectivity index (χ0) is 23.5. The third kappa shape index (κ3) is 4.45. The predicted octanol–water partition coefficient (Wildman–Crippen LogP) is 3.37. The number of hydrogen-bond donors (Lipinski definition) is 1. The lowest BCUT2D eigenvalue weighted by Gasteiger charge is -2.10. The van der Waals surface area contributed by atoms with Gasteiger partial charge >= 0.3 is 5.69 Å². The maximum absolute atomic E-state index is 14.4. The van der Waals surface area contributed by atoms with Crippen LogP contribution in [0.15, 0.2) is 58.1 Å². The molecule has 0 saturated heterocycles. The minimum absolute atomic E-state index is 0.0385. The Morgan fingerprint density at radius 3 is 2.48 bits per heavy atom. The molecule has 2 aromatic carbocycles. The lowest BCUT2D eigenvalue weighted by molar-refractivity contribution is -0.384. The average Bonchev–Trinajstić information content (AvgIpc) is 3.13. The second kappa shape index (κ2) is 9.19. The molecule has 0 unspecified atom stereocenters. The number of halogens is 1. The number of non-ortho nitro benzene ring substituents is 1. The minimum atomic E-state index is -0.596. The molecule has 10 heteroatoms. The molecule has 0 spiro atoms. The molecule has 2 aromatic heterocycles. The highest BCUT2D eigenvalue weighted by atomic mass is 19.1. The fourth-order valence-electron chi connectivity index (χ4n) is 3.76. The van der Waals surface area contributed by atoms with Crippen LogP contribution in [0.3, 0.4) is 0 Å². The van der Waals surface area contributed by atoms with E-state index in [4.69, 9.17) is 0 Å². The third-order valence-corrected chi connectivity index (χ3v) is 5.50. The SMILES string of the molecule is CCCCn1c(=O)[nH]c(=O)c2c1nc(Cc1ccc([N+](=O)[O-])cc1)n2Cc1ccccc1F. The van der Waals surface area contributed by atoms with E-state index in [0.29, 0.717) is 17.9 Å². The highest BCUT2D eigenvalue weighted by Crippen LogP contribution is 2.20. The highest BCUT2D eigenvalue weighted by Gasteiger charge is 2.20. The quantitative estimate of drug-likeness (QED) is 0.326. The Labute approximate surface area is 187 Å². The van der Waals surface area contributed by atoms with E-state index in [1.54, 1.807) is 34.9 Å². The van der Waals surface area contributed by atoms with Gasteiger partial charge in [-0.3, -0.25) is 24.5 Å². The van der Waals surface area contributed by atoms with Crippen LogP contribution in [0, 0.1) is 15.9 Å². The lowest BCUT2D eigenvalue weighted by atomic mass is 10.1. The van der Waals surface area contributed by atoms with Gasteiger partial charge in [0.2, 0.25) is 0 Å². The molecule has 0 aliphatic carbocycles. The Bertz CT molecular complexity index is 1440. The molecule has 0 aliphatic rings. The fourth-order valence-corrected chi connectivity index (χ4v) is 3.76. The molecule has 9 nitrogen and oxygen atoms in total. The Morgan fingerprint density at radius 2 is 1.82 bits per heavy atom. The van der Waals surface area contributed by atoms with Crippen molar-refractivity contribution >= 4 is 16.9 Å². The number of rotatable bonds is 8. The number of benzene rings is 2. The van der Waals surface area contributed by atoms with Crippen molar-refractivity contribution in [3.8, 4) is 0 Å². The summed E-state index contributed by atoms with van der Waals surface area (Å²) in [6, 6.07) is 12.3. The van der Waals surface area contributed by atoms with E-state index in [0.717, 1.165) is 18.4 Å². The third-order valence-electron chi connectivity index (χ3n) is 5.50. The smallest absolute Gasteiger partial charge is 0.317 e. The first-order valence-corrected chi connectivity index (χ1v) is 10.6. The van der Waals surface area contributed by atoms with Gasteiger partial charge in [0.15, 0.2) is 11.2 Å². The molecule has 0 radical (unpaired) electrons. The molecule has 0 fully saturated rings. The molecular formula is C23H22FN5O4. The van der Waals surface area contributed by atoms with Crippen molar-refractivity contribution in [2.45, 2.75) is 39.3 Å². The van der Waals surface area contributed by atoms with Crippen molar-refractivity contribution in [3.63, 3.8) is 0 Å². The molecular weight excluding hydrogens is 429 g/mol. The van der Waals surface area contributed by atoms with Gasteiger partial charge in [-0.25, -0.2) is 14.2 Å². The number of hydrogen-bond acceptors (Lipinski definition) is 5. The summed E-state index contributed by atoms with van der Waals surface area (Å²) in [4.78, 5) is 42.7. The van der Waals surface area contributed by atoms with Gasteiger partial charge < -0.3 is 4.57 Å². The van der Waals surface area contributed by atoms with Crippen LogP contribution in [0.1, 0.15) is 36.7 Å². The van der Waals surface area contributed by atoms with Crippen molar-refractivity contribution < 1.29 is 9.31 Å². The zero-order valence-electron chi connectivity index (χ0n) is 18.0. The summed E-state index contributed by atoms with van der Waals surface area (Å²) < 4.78 is 17.5. The van der Waals surface area contributed by atoms with Gasteiger partial charge in [0.1, 0.15) is 11.6 Å². The monoisotopic (exact) mass is 451 g/mol. The van der Waals surface area contributed by atoms with E-state index in [1.807, 2.05) is 6.92 Å². The second-order valence-corrected chi connectivity index (χ2v) is 7.74. The number of nitrogens with one attached hydrogen (secondary N) is 1. The Kier molecular flexibility index (Phi) is 6.16. The van der Waals surface area contributed by atoms with Crippen molar-refractivity contribution in [3.05, 3.63) is 102 Å². The van der Waals surface area contributed by atoms with E-state index < -0.39 is 22.0 Å².